The standard InChI is InChI=1S/C17H10FNO2/c18-11-17(20)21-16-9-7-14(8-10-16)2-1-13-3-5-15(12-19)6-4-13/h3-10H,11H2. The minimum absolute atomic E-state index is 0.279. The minimum Gasteiger partial charge on any atom is -0.425 e. The molecule has 0 saturated carbocycles. The third-order valence-corrected chi connectivity index (χ3v) is 2.56. The lowest BCUT2D eigenvalue weighted by Crippen LogP contribution is -2.09. The second-order valence-corrected chi connectivity index (χ2v) is 4.07. The second-order valence-electron chi connectivity index (χ2n) is 4.07. The zero-order valence-corrected chi connectivity index (χ0v) is 11.0. The van der Waals surface area contributed by atoms with Crippen molar-refractivity contribution in [2.75, 3.05) is 6.67 Å². The van der Waals surface area contributed by atoms with Crippen LogP contribution >= 0.6 is 0 Å². The molecule has 0 radical (unpaired) electrons. The van der Waals surface area contributed by atoms with Crippen molar-refractivity contribution in [3.05, 3.63) is 65.2 Å². The predicted octanol–water partition coefficient (Wildman–Crippen LogP) is 2.83. The first-order valence-corrected chi connectivity index (χ1v) is 6.10. The number of nitrogens with zero attached hydrogens (tertiary/aromatic N) is 1. The molecule has 2 aromatic carbocycles. The fourth-order valence-corrected chi connectivity index (χ4v) is 1.54. The highest BCUT2D eigenvalue weighted by atomic mass is 19.1. The molecule has 0 aliphatic carbocycles. The van der Waals surface area contributed by atoms with E-state index in [1.807, 2.05) is 6.07 Å². The summed E-state index contributed by atoms with van der Waals surface area (Å²) in [4.78, 5) is 10.8. The van der Waals surface area contributed by atoms with Crippen molar-refractivity contribution >= 4 is 5.97 Å². The van der Waals surface area contributed by atoms with Gasteiger partial charge in [-0.15, -0.1) is 0 Å². The molecule has 0 saturated heterocycles. The highest BCUT2D eigenvalue weighted by Crippen LogP contribution is 2.12. The van der Waals surface area contributed by atoms with E-state index in [0.717, 1.165) is 11.1 Å². The van der Waals surface area contributed by atoms with Crippen LogP contribution in [-0.2, 0) is 4.79 Å². The van der Waals surface area contributed by atoms with Gasteiger partial charge in [0.2, 0.25) is 0 Å². The van der Waals surface area contributed by atoms with Crippen LogP contribution in [0.5, 0.6) is 5.75 Å². The third kappa shape index (κ3) is 4.19. The number of alkyl halides is 1. The Morgan fingerprint density at radius 1 is 0.952 bits per heavy atom. The Bertz CT molecular complexity index is 732. The average molecular weight is 279 g/mol. The maximum Gasteiger partial charge on any atom is 0.342 e. The zero-order valence-electron chi connectivity index (χ0n) is 11.0. The maximum absolute atomic E-state index is 12.0. The van der Waals surface area contributed by atoms with E-state index in [2.05, 4.69) is 11.8 Å². The summed E-state index contributed by atoms with van der Waals surface area (Å²) in [6, 6.07) is 15.4. The Morgan fingerprint density at radius 2 is 1.43 bits per heavy atom. The number of ether oxygens (including phenoxy) is 1. The molecule has 0 spiro atoms. The topological polar surface area (TPSA) is 50.1 Å². The molecule has 2 aromatic rings. The molecule has 0 heterocycles. The van der Waals surface area contributed by atoms with Crippen molar-refractivity contribution in [1.82, 2.24) is 0 Å². The number of rotatable bonds is 2. The fraction of sp³-hybridized carbons (Fsp3) is 0.0588. The van der Waals surface area contributed by atoms with Crippen LogP contribution in [0.4, 0.5) is 4.39 Å². The normalized spacial score (nSPS) is 9.14. The van der Waals surface area contributed by atoms with Crippen molar-refractivity contribution in [3.63, 3.8) is 0 Å². The smallest absolute Gasteiger partial charge is 0.342 e. The van der Waals surface area contributed by atoms with Crippen LogP contribution in [0, 0.1) is 23.2 Å². The van der Waals surface area contributed by atoms with Crippen LogP contribution in [0.3, 0.4) is 0 Å². The van der Waals surface area contributed by atoms with Crippen LogP contribution < -0.4 is 4.74 Å². The molecule has 0 atom stereocenters. The van der Waals surface area contributed by atoms with Crippen LogP contribution in [0.1, 0.15) is 16.7 Å². The van der Waals surface area contributed by atoms with E-state index in [-0.39, 0.29) is 5.75 Å². The molecule has 0 amide bonds. The van der Waals surface area contributed by atoms with E-state index < -0.39 is 12.6 Å². The SMILES string of the molecule is N#Cc1ccc(C#Cc2ccc(OC(=O)CF)cc2)cc1. The highest BCUT2D eigenvalue weighted by molar-refractivity contribution is 5.73. The molecule has 0 aromatic heterocycles. The lowest BCUT2D eigenvalue weighted by atomic mass is 10.1. The summed E-state index contributed by atoms with van der Waals surface area (Å²) in [5.41, 5.74) is 2.11. The summed E-state index contributed by atoms with van der Waals surface area (Å²) in [6.45, 7) is -1.15. The number of hydrogen-bond acceptors (Lipinski definition) is 3. The van der Waals surface area contributed by atoms with Gasteiger partial charge in [-0.05, 0) is 48.5 Å². The van der Waals surface area contributed by atoms with E-state index in [0.29, 0.717) is 5.56 Å². The van der Waals surface area contributed by atoms with Gasteiger partial charge >= 0.3 is 5.97 Å². The van der Waals surface area contributed by atoms with Crippen molar-refractivity contribution in [2.24, 2.45) is 0 Å². The minimum atomic E-state index is -1.15. The van der Waals surface area contributed by atoms with E-state index in [1.165, 1.54) is 0 Å². The van der Waals surface area contributed by atoms with Crippen molar-refractivity contribution in [2.45, 2.75) is 0 Å². The lowest BCUT2D eigenvalue weighted by Gasteiger charge is -2.00. The van der Waals surface area contributed by atoms with Gasteiger partial charge in [-0.2, -0.15) is 5.26 Å². The summed E-state index contributed by atoms with van der Waals surface area (Å²) >= 11 is 0. The Balaban J connectivity index is 2.08. The molecule has 0 aliphatic rings. The molecule has 21 heavy (non-hydrogen) atoms. The first-order valence-electron chi connectivity index (χ1n) is 6.10. The summed E-state index contributed by atoms with van der Waals surface area (Å²) in [6.07, 6.45) is 0. The van der Waals surface area contributed by atoms with Crippen LogP contribution in [-0.4, -0.2) is 12.6 Å². The summed E-state index contributed by atoms with van der Waals surface area (Å²) < 4.78 is 16.7. The number of carbonyl (C=O) groups excluding carboxylic acids is 1. The van der Waals surface area contributed by atoms with Gasteiger partial charge in [-0.1, -0.05) is 11.8 Å². The van der Waals surface area contributed by atoms with E-state index in [9.17, 15) is 9.18 Å². The zero-order chi connectivity index (χ0) is 15.1. The average Bonchev–Trinajstić information content (AvgIpc) is 2.54. The number of hydrogen-bond donors (Lipinski definition) is 0. The monoisotopic (exact) mass is 279 g/mol. The molecule has 3 nitrogen and oxygen atoms in total. The van der Waals surface area contributed by atoms with Gasteiger partial charge in [0.15, 0.2) is 6.67 Å². The molecule has 2 rings (SSSR count). The molecule has 0 aliphatic heterocycles. The Morgan fingerprint density at radius 3 is 1.90 bits per heavy atom. The molecule has 0 N–H and O–H groups in total. The molecular weight excluding hydrogens is 269 g/mol. The van der Waals surface area contributed by atoms with E-state index >= 15 is 0 Å². The van der Waals surface area contributed by atoms with E-state index in [4.69, 9.17) is 10.00 Å². The van der Waals surface area contributed by atoms with E-state index in [1.54, 1.807) is 48.5 Å². The maximum atomic E-state index is 12.0. The molecule has 102 valence electrons. The van der Waals surface area contributed by atoms with Gasteiger partial charge in [-0.25, -0.2) is 9.18 Å². The van der Waals surface area contributed by atoms with Gasteiger partial charge < -0.3 is 4.74 Å². The lowest BCUT2D eigenvalue weighted by molar-refractivity contribution is -0.135. The van der Waals surface area contributed by atoms with Crippen LogP contribution in [0.25, 0.3) is 0 Å². The first kappa shape index (κ1) is 14.3. The fourth-order valence-electron chi connectivity index (χ4n) is 1.54. The summed E-state index contributed by atoms with van der Waals surface area (Å²) in [5, 5.41) is 8.70. The summed E-state index contributed by atoms with van der Waals surface area (Å²) in [5.74, 6) is 5.26. The molecule has 0 unspecified atom stereocenters. The van der Waals surface area contributed by atoms with Gasteiger partial charge in [0, 0.05) is 11.1 Å². The molecular formula is C17H10FNO2. The number of benzene rings is 2. The van der Waals surface area contributed by atoms with Crippen molar-refractivity contribution < 1.29 is 13.9 Å². The second kappa shape index (κ2) is 6.88. The van der Waals surface area contributed by atoms with Crippen molar-refractivity contribution in [1.29, 1.82) is 5.26 Å². The van der Waals surface area contributed by atoms with Gasteiger partial charge in [0.05, 0.1) is 11.6 Å². The number of carbonyl (C=O) groups is 1. The van der Waals surface area contributed by atoms with Crippen molar-refractivity contribution in [3.8, 4) is 23.7 Å². The highest BCUT2D eigenvalue weighted by Gasteiger charge is 2.02. The summed E-state index contributed by atoms with van der Waals surface area (Å²) in [7, 11) is 0. The number of esters is 1. The van der Waals surface area contributed by atoms with Crippen LogP contribution in [0.15, 0.2) is 48.5 Å². The van der Waals surface area contributed by atoms with Crippen LogP contribution in [0.2, 0.25) is 0 Å². The Hall–Kier alpha value is -3.11. The largest absolute Gasteiger partial charge is 0.425 e. The third-order valence-electron chi connectivity index (χ3n) is 2.56. The number of nitriles is 1. The van der Waals surface area contributed by atoms with Gasteiger partial charge in [0.1, 0.15) is 5.75 Å². The van der Waals surface area contributed by atoms with Gasteiger partial charge in [0.25, 0.3) is 0 Å². The molecule has 0 bridgehead atoms. The predicted molar refractivity (Wildman–Crippen MR) is 75.2 cm³/mol. The first-order chi connectivity index (χ1) is 10.2. The Kier molecular flexibility index (Phi) is 4.69. The Labute approximate surface area is 121 Å². The number of halogens is 1. The quantitative estimate of drug-likeness (QED) is 0.482. The van der Waals surface area contributed by atoms with Gasteiger partial charge in [-0.3, -0.25) is 0 Å². The molecule has 0 fully saturated rings. The molecule has 4 heteroatoms.